The molecule has 2 N–H and O–H groups in total. The van der Waals surface area contributed by atoms with Crippen molar-refractivity contribution < 1.29 is 23.3 Å². The van der Waals surface area contributed by atoms with Gasteiger partial charge in [-0.3, -0.25) is 9.36 Å². The predicted molar refractivity (Wildman–Crippen MR) is 110 cm³/mol. The predicted octanol–water partition coefficient (Wildman–Crippen LogP) is 4.63. The van der Waals surface area contributed by atoms with Crippen LogP contribution in [0.15, 0.2) is 65.3 Å². The summed E-state index contributed by atoms with van der Waals surface area (Å²) in [7, 11) is -3.63. The van der Waals surface area contributed by atoms with Crippen LogP contribution in [0.2, 0.25) is 0 Å². The number of carbonyl (C=O) groups is 1. The molecule has 0 aliphatic carbocycles. The molecule has 0 aliphatic rings. The zero-order chi connectivity index (χ0) is 20.7. The highest BCUT2D eigenvalue weighted by molar-refractivity contribution is 7.51. The molecule has 29 heavy (non-hydrogen) atoms. The second-order valence-electron chi connectivity index (χ2n) is 6.50. The van der Waals surface area contributed by atoms with Crippen LogP contribution in [0.25, 0.3) is 11.3 Å². The molecule has 0 aliphatic heterocycles. The van der Waals surface area contributed by atoms with Gasteiger partial charge in [-0.25, -0.2) is 0 Å². The Bertz CT molecular complexity index is 986. The number of carbonyl (C=O) groups excluding carboxylic acids is 1. The topological polar surface area (TPSA) is 102 Å². The Hall–Kier alpha value is -2.73. The van der Waals surface area contributed by atoms with Gasteiger partial charge in [0.25, 0.3) is 0 Å². The standard InChI is InChI=1S/C21H23N2O5P/c1-2-27-29(25,26)15-16-8-11-19(12-9-16)23-20(24)13-10-18-14-22-28-21(18)17-6-4-3-5-7-17/h3-9,11-12,14H,2,10,13,15H2,1H3,(H,23,24)(H,25,26). The lowest BCUT2D eigenvalue weighted by atomic mass is 10.1. The van der Waals surface area contributed by atoms with Crippen LogP contribution in [0.1, 0.15) is 24.5 Å². The quantitative estimate of drug-likeness (QED) is 0.495. The van der Waals surface area contributed by atoms with Crippen LogP contribution in [-0.4, -0.2) is 22.6 Å². The average Bonchev–Trinajstić information content (AvgIpc) is 3.17. The van der Waals surface area contributed by atoms with E-state index >= 15 is 0 Å². The molecule has 0 radical (unpaired) electrons. The fraction of sp³-hybridized carbons (Fsp3) is 0.238. The third kappa shape index (κ3) is 6.12. The number of rotatable bonds is 9. The van der Waals surface area contributed by atoms with Crippen molar-refractivity contribution >= 4 is 19.2 Å². The van der Waals surface area contributed by atoms with Crippen LogP contribution in [0, 0.1) is 0 Å². The van der Waals surface area contributed by atoms with Gasteiger partial charge >= 0.3 is 7.60 Å². The lowest BCUT2D eigenvalue weighted by Crippen LogP contribution is -2.12. The number of benzene rings is 2. The molecule has 0 saturated carbocycles. The van der Waals surface area contributed by atoms with E-state index in [1.807, 2.05) is 30.3 Å². The molecule has 0 saturated heterocycles. The van der Waals surface area contributed by atoms with Gasteiger partial charge < -0.3 is 19.3 Å². The molecule has 8 heteroatoms. The van der Waals surface area contributed by atoms with Crippen molar-refractivity contribution in [2.24, 2.45) is 0 Å². The maximum absolute atomic E-state index is 12.3. The highest BCUT2D eigenvalue weighted by Gasteiger charge is 2.19. The molecule has 3 rings (SSSR count). The molecule has 0 bridgehead atoms. The normalized spacial score (nSPS) is 13.0. The van der Waals surface area contributed by atoms with Crippen molar-refractivity contribution in [2.75, 3.05) is 11.9 Å². The molecule has 1 unspecified atom stereocenters. The number of hydrogen-bond donors (Lipinski definition) is 2. The van der Waals surface area contributed by atoms with Crippen LogP contribution in [-0.2, 0) is 26.5 Å². The molecule has 1 atom stereocenters. The smallest absolute Gasteiger partial charge is 0.332 e. The summed E-state index contributed by atoms with van der Waals surface area (Å²) < 4.78 is 22.0. The van der Waals surface area contributed by atoms with Crippen LogP contribution >= 0.6 is 7.60 Å². The number of nitrogens with one attached hydrogen (secondary N) is 1. The van der Waals surface area contributed by atoms with E-state index in [-0.39, 0.29) is 25.1 Å². The van der Waals surface area contributed by atoms with Crippen LogP contribution in [0.5, 0.6) is 0 Å². The third-order valence-electron chi connectivity index (χ3n) is 4.25. The van der Waals surface area contributed by atoms with Gasteiger partial charge in [-0.1, -0.05) is 47.6 Å². The van der Waals surface area contributed by atoms with E-state index in [0.717, 1.165) is 11.1 Å². The van der Waals surface area contributed by atoms with Crippen LogP contribution < -0.4 is 5.32 Å². The van der Waals surface area contributed by atoms with Crippen molar-refractivity contribution in [3.8, 4) is 11.3 Å². The fourth-order valence-corrected chi connectivity index (χ4v) is 4.08. The Balaban J connectivity index is 1.54. The maximum atomic E-state index is 12.3. The van der Waals surface area contributed by atoms with Crippen molar-refractivity contribution in [3.63, 3.8) is 0 Å². The monoisotopic (exact) mass is 414 g/mol. The van der Waals surface area contributed by atoms with Gasteiger partial charge in [-0.15, -0.1) is 0 Å². The van der Waals surface area contributed by atoms with Gasteiger partial charge in [0.1, 0.15) is 0 Å². The zero-order valence-electron chi connectivity index (χ0n) is 16.1. The fourth-order valence-electron chi connectivity index (χ4n) is 2.91. The highest BCUT2D eigenvalue weighted by Crippen LogP contribution is 2.45. The molecule has 1 amide bonds. The average molecular weight is 414 g/mol. The minimum atomic E-state index is -3.63. The second kappa shape index (κ2) is 9.65. The number of aromatic nitrogens is 1. The first kappa shape index (κ1) is 21.0. The summed E-state index contributed by atoms with van der Waals surface area (Å²) in [6.45, 7) is 1.85. The number of aryl methyl sites for hydroxylation is 1. The van der Waals surface area contributed by atoms with Crippen molar-refractivity contribution in [3.05, 3.63) is 71.9 Å². The summed E-state index contributed by atoms with van der Waals surface area (Å²) in [4.78, 5) is 22.0. The Morgan fingerprint density at radius 3 is 2.59 bits per heavy atom. The minimum Gasteiger partial charge on any atom is -0.356 e. The van der Waals surface area contributed by atoms with Gasteiger partial charge in [0.15, 0.2) is 5.76 Å². The molecule has 152 valence electrons. The summed E-state index contributed by atoms with van der Waals surface area (Å²) in [5, 5.41) is 6.68. The molecular formula is C21H23N2O5P. The van der Waals surface area contributed by atoms with E-state index in [4.69, 9.17) is 9.05 Å². The SMILES string of the molecule is CCOP(=O)(O)Cc1ccc(NC(=O)CCc2cnoc2-c2ccccc2)cc1. The van der Waals surface area contributed by atoms with Crippen molar-refractivity contribution in [1.82, 2.24) is 5.16 Å². The van der Waals surface area contributed by atoms with Gasteiger partial charge in [-0.05, 0) is 31.0 Å². The lowest BCUT2D eigenvalue weighted by Gasteiger charge is -2.11. The summed E-state index contributed by atoms with van der Waals surface area (Å²) in [5.41, 5.74) is 3.08. The first-order chi connectivity index (χ1) is 14.0. The summed E-state index contributed by atoms with van der Waals surface area (Å²) >= 11 is 0. The molecule has 0 fully saturated rings. The summed E-state index contributed by atoms with van der Waals surface area (Å²) in [6, 6.07) is 16.4. The van der Waals surface area contributed by atoms with Crippen molar-refractivity contribution in [2.45, 2.75) is 25.9 Å². The molecule has 7 nitrogen and oxygen atoms in total. The molecule has 2 aromatic carbocycles. The maximum Gasteiger partial charge on any atom is 0.332 e. The first-order valence-corrected chi connectivity index (χ1v) is 11.1. The van der Waals surface area contributed by atoms with E-state index in [1.165, 1.54) is 0 Å². The second-order valence-corrected chi connectivity index (χ2v) is 8.35. The molecule has 3 aromatic rings. The number of amides is 1. The number of nitrogens with zero attached hydrogens (tertiary/aromatic N) is 1. The van der Waals surface area contributed by atoms with Crippen molar-refractivity contribution in [1.29, 1.82) is 0 Å². The Kier molecular flexibility index (Phi) is 6.99. The number of hydrogen-bond acceptors (Lipinski definition) is 5. The van der Waals surface area contributed by atoms with Crippen LogP contribution in [0.3, 0.4) is 0 Å². The molecule has 1 aromatic heterocycles. The Morgan fingerprint density at radius 2 is 1.90 bits per heavy atom. The van der Waals surface area contributed by atoms with Gasteiger partial charge in [-0.2, -0.15) is 0 Å². The van der Waals surface area contributed by atoms with Gasteiger partial charge in [0, 0.05) is 23.2 Å². The Morgan fingerprint density at radius 1 is 1.17 bits per heavy atom. The molecular weight excluding hydrogens is 391 g/mol. The minimum absolute atomic E-state index is 0.0647. The van der Waals surface area contributed by atoms with E-state index in [0.29, 0.717) is 23.4 Å². The first-order valence-electron chi connectivity index (χ1n) is 9.31. The largest absolute Gasteiger partial charge is 0.356 e. The Labute approximate surface area is 169 Å². The van der Waals surface area contributed by atoms with E-state index in [2.05, 4.69) is 10.5 Å². The van der Waals surface area contributed by atoms with Crippen LogP contribution in [0.4, 0.5) is 5.69 Å². The van der Waals surface area contributed by atoms with E-state index in [9.17, 15) is 14.3 Å². The van der Waals surface area contributed by atoms with E-state index in [1.54, 1.807) is 37.4 Å². The summed E-state index contributed by atoms with van der Waals surface area (Å²) in [5.74, 6) is 0.533. The molecule has 0 spiro atoms. The van der Waals surface area contributed by atoms with E-state index < -0.39 is 7.60 Å². The highest BCUT2D eigenvalue weighted by atomic mass is 31.2. The zero-order valence-corrected chi connectivity index (χ0v) is 17.0. The summed E-state index contributed by atoms with van der Waals surface area (Å²) in [6.07, 6.45) is 2.35. The molecule has 1 heterocycles. The number of anilines is 1. The van der Waals surface area contributed by atoms with Gasteiger partial charge in [0.05, 0.1) is 19.0 Å². The third-order valence-corrected chi connectivity index (χ3v) is 5.68. The lowest BCUT2D eigenvalue weighted by molar-refractivity contribution is -0.116. The van der Waals surface area contributed by atoms with Gasteiger partial charge in [0.2, 0.25) is 5.91 Å².